The molecule has 2 heterocycles. The zero-order valence-corrected chi connectivity index (χ0v) is 28.9. The van der Waals surface area contributed by atoms with Crippen molar-refractivity contribution in [3.05, 3.63) is 180 Å². The van der Waals surface area contributed by atoms with Gasteiger partial charge in [-0.25, -0.2) is 0 Å². The van der Waals surface area contributed by atoms with Gasteiger partial charge in [-0.2, -0.15) is 0 Å². The first-order chi connectivity index (χ1) is 24.4. The van der Waals surface area contributed by atoms with Crippen LogP contribution in [-0.4, -0.2) is 4.40 Å². The third kappa shape index (κ3) is 4.43. The quantitative estimate of drug-likeness (QED) is 0.171. The average Bonchev–Trinajstić information content (AvgIpc) is 3.67. The Bertz CT molecular complexity index is 2650. The lowest BCUT2D eigenvalue weighted by Gasteiger charge is -2.42. The van der Waals surface area contributed by atoms with Gasteiger partial charge in [0.15, 0.2) is 0 Å². The highest BCUT2D eigenvalue weighted by Gasteiger charge is 2.34. The van der Waals surface area contributed by atoms with Gasteiger partial charge in [-0.3, -0.25) is 0 Å². The Hall–Kier alpha value is -6.06. The number of aryl methyl sites for hydroxylation is 2. The topological polar surface area (TPSA) is 10.9 Å². The normalized spacial score (nSPS) is 12.0. The molecule has 0 aliphatic rings. The van der Waals surface area contributed by atoms with Crippen LogP contribution in [0, 0.1) is 13.8 Å². The second-order valence-corrected chi connectivity index (χ2v) is 13.9. The number of aromatic nitrogens is 1. The molecule has 2 aromatic heterocycles. The van der Waals surface area contributed by atoms with Crippen LogP contribution in [0.1, 0.15) is 30.5 Å². The van der Waals surface area contributed by atoms with Crippen LogP contribution in [0.4, 0.5) is 28.4 Å². The standard InChI is InChI=1S/C47H39N3/c1-32-18-11-13-26-38(32)47(3,4)50(35-22-9-6-10-23-35)43-31-17-30-42-45(43)37-25-15-24-36-44-40(28-16-29-41(44)49(42)46(36)37)48(34-20-7-5-8-21-34)39-27-14-12-19-33(39)2/h5-31H,1-4H3. The molecule has 0 saturated heterocycles. The number of hydrogen-bond donors (Lipinski definition) is 0. The molecule has 0 N–H and O–H groups in total. The molecule has 0 amide bonds. The highest BCUT2D eigenvalue weighted by Crippen LogP contribution is 2.50. The number of anilines is 5. The molecule has 9 rings (SSSR count). The number of para-hydroxylation sites is 4. The first kappa shape index (κ1) is 30.0. The van der Waals surface area contributed by atoms with E-state index in [0.717, 1.165) is 5.69 Å². The summed E-state index contributed by atoms with van der Waals surface area (Å²) in [6.45, 7) is 9.12. The Morgan fingerprint density at radius 2 is 0.940 bits per heavy atom. The Labute approximate surface area is 293 Å². The van der Waals surface area contributed by atoms with E-state index >= 15 is 0 Å². The largest absolute Gasteiger partial charge is 0.331 e. The van der Waals surface area contributed by atoms with Crippen LogP contribution < -0.4 is 9.80 Å². The third-order valence-corrected chi connectivity index (χ3v) is 10.6. The molecule has 242 valence electrons. The zero-order valence-electron chi connectivity index (χ0n) is 28.9. The molecule has 3 nitrogen and oxygen atoms in total. The van der Waals surface area contributed by atoms with E-state index in [1.54, 1.807) is 0 Å². The van der Waals surface area contributed by atoms with Gasteiger partial charge in [0.1, 0.15) is 0 Å². The van der Waals surface area contributed by atoms with Gasteiger partial charge < -0.3 is 14.2 Å². The van der Waals surface area contributed by atoms with Crippen molar-refractivity contribution in [2.75, 3.05) is 9.80 Å². The van der Waals surface area contributed by atoms with Crippen molar-refractivity contribution >= 4 is 66.5 Å². The van der Waals surface area contributed by atoms with Gasteiger partial charge in [0.25, 0.3) is 0 Å². The van der Waals surface area contributed by atoms with Gasteiger partial charge in [-0.15, -0.1) is 0 Å². The maximum absolute atomic E-state index is 2.54. The van der Waals surface area contributed by atoms with Crippen LogP contribution in [-0.2, 0) is 5.54 Å². The van der Waals surface area contributed by atoms with Gasteiger partial charge in [0, 0.05) is 38.6 Å². The number of fused-ring (bicyclic) bond motifs is 6. The monoisotopic (exact) mass is 645 g/mol. The van der Waals surface area contributed by atoms with E-state index in [4.69, 9.17) is 0 Å². The molecular weight excluding hydrogens is 607 g/mol. The van der Waals surface area contributed by atoms with Crippen LogP contribution >= 0.6 is 0 Å². The molecular formula is C47H39N3. The fourth-order valence-electron chi connectivity index (χ4n) is 8.43. The van der Waals surface area contributed by atoms with Gasteiger partial charge in [-0.1, -0.05) is 109 Å². The summed E-state index contributed by atoms with van der Waals surface area (Å²) in [4.78, 5) is 4.97. The Kier molecular flexibility index (Phi) is 6.92. The van der Waals surface area contributed by atoms with Gasteiger partial charge in [-0.05, 0) is 99.0 Å². The lowest BCUT2D eigenvalue weighted by atomic mass is 9.87. The average molecular weight is 646 g/mol. The van der Waals surface area contributed by atoms with Crippen molar-refractivity contribution in [2.24, 2.45) is 0 Å². The SMILES string of the molecule is Cc1ccccc1N(c1ccccc1)c1cccc2c1c1cccc3c4c(N(c5ccccc5)C(C)(C)c5ccccc5C)cccc4n2c13. The minimum absolute atomic E-state index is 0.341. The minimum Gasteiger partial charge on any atom is -0.331 e. The minimum atomic E-state index is -0.341. The van der Waals surface area contributed by atoms with Gasteiger partial charge >= 0.3 is 0 Å². The molecule has 50 heavy (non-hydrogen) atoms. The maximum Gasteiger partial charge on any atom is 0.0649 e. The molecule has 0 fully saturated rings. The van der Waals surface area contributed by atoms with Gasteiger partial charge in [0.2, 0.25) is 0 Å². The third-order valence-electron chi connectivity index (χ3n) is 10.6. The predicted molar refractivity (Wildman–Crippen MR) is 213 cm³/mol. The first-order valence-corrected chi connectivity index (χ1v) is 17.5. The molecule has 0 aliphatic heterocycles. The van der Waals surface area contributed by atoms with E-state index in [0.29, 0.717) is 0 Å². The second kappa shape index (κ2) is 11.5. The maximum atomic E-state index is 2.54. The molecule has 7 aromatic carbocycles. The van der Waals surface area contributed by atoms with Crippen LogP contribution in [0.3, 0.4) is 0 Å². The highest BCUT2D eigenvalue weighted by molar-refractivity contribution is 6.28. The van der Waals surface area contributed by atoms with Crippen LogP contribution in [0.25, 0.3) is 38.1 Å². The molecule has 0 aliphatic carbocycles. The summed E-state index contributed by atoms with van der Waals surface area (Å²) >= 11 is 0. The molecule has 0 radical (unpaired) electrons. The highest BCUT2D eigenvalue weighted by atomic mass is 15.2. The Morgan fingerprint density at radius 3 is 1.58 bits per heavy atom. The smallest absolute Gasteiger partial charge is 0.0649 e. The summed E-state index contributed by atoms with van der Waals surface area (Å²) < 4.78 is 2.51. The lowest BCUT2D eigenvalue weighted by Crippen LogP contribution is -2.38. The van der Waals surface area contributed by atoms with Crippen LogP contribution in [0.2, 0.25) is 0 Å². The van der Waals surface area contributed by atoms with Crippen molar-refractivity contribution in [3.8, 4) is 0 Å². The number of hydrogen-bond acceptors (Lipinski definition) is 2. The van der Waals surface area contributed by atoms with E-state index in [-0.39, 0.29) is 5.54 Å². The predicted octanol–water partition coefficient (Wildman–Crippen LogP) is 13.0. The molecule has 0 saturated carbocycles. The van der Waals surface area contributed by atoms with E-state index in [1.807, 2.05) is 0 Å². The van der Waals surface area contributed by atoms with E-state index in [9.17, 15) is 0 Å². The molecule has 3 heteroatoms. The summed E-state index contributed by atoms with van der Waals surface area (Å²) in [5.41, 5.74) is 13.0. The Morgan fingerprint density at radius 1 is 0.440 bits per heavy atom. The molecule has 0 unspecified atom stereocenters. The van der Waals surface area contributed by atoms with Crippen molar-refractivity contribution in [1.82, 2.24) is 4.40 Å². The van der Waals surface area contributed by atoms with Crippen LogP contribution in [0.15, 0.2) is 164 Å². The summed E-state index contributed by atoms with van der Waals surface area (Å²) in [5.74, 6) is 0. The first-order valence-electron chi connectivity index (χ1n) is 17.5. The molecule has 0 atom stereocenters. The molecule has 0 spiro atoms. The summed E-state index contributed by atoms with van der Waals surface area (Å²) in [6, 6.07) is 59.6. The number of nitrogens with zero attached hydrogens (tertiary/aromatic N) is 3. The zero-order chi connectivity index (χ0) is 34.0. The van der Waals surface area contributed by atoms with Crippen molar-refractivity contribution in [1.29, 1.82) is 0 Å². The fraction of sp³-hybridized carbons (Fsp3) is 0.106. The van der Waals surface area contributed by atoms with E-state index in [2.05, 4.69) is 206 Å². The molecule has 9 aromatic rings. The molecule has 0 bridgehead atoms. The summed E-state index contributed by atoms with van der Waals surface area (Å²) in [7, 11) is 0. The van der Waals surface area contributed by atoms with Crippen molar-refractivity contribution in [3.63, 3.8) is 0 Å². The lowest BCUT2D eigenvalue weighted by molar-refractivity contribution is 0.534. The fourth-order valence-corrected chi connectivity index (χ4v) is 8.43. The van der Waals surface area contributed by atoms with E-state index < -0.39 is 0 Å². The Balaban J connectivity index is 1.36. The van der Waals surface area contributed by atoms with Gasteiger partial charge in [0.05, 0.1) is 33.5 Å². The second-order valence-electron chi connectivity index (χ2n) is 13.9. The van der Waals surface area contributed by atoms with Crippen molar-refractivity contribution in [2.45, 2.75) is 33.2 Å². The number of rotatable bonds is 7. The summed E-state index contributed by atoms with van der Waals surface area (Å²) in [5, 5.41) is 5.05. The van der Waals surface area contributed by atoms with Crippen molar-refractivity contribution < 1.29 is 0 Å². The summed E-state index contributed by atoms with van der Waals surface area (Å²) in [6.07, 6.45) is 0. The van der Waals surface area contributed by atoms with E-state index in [1.165, 1.54) is 77.5 Å². The number of benzene rings is 7. The van der Waals surface area contributed by atoms with Crippen LogP contribution in [0.5, 0.6) is 0 Å².